The first kappa shape index (κ1) is 14.7. The molecule has 0 radical (unpaired) electrons. The zero-order valence-corrected chi connectivity index (χ0v) is 11.9. The maximum absolute atomic E-state index is 12.7. The van der Waals surface area contributed by atoms with Gasteiger partial charge in [0.2, 0.25) is 4.77 Å². The number of phenols is 1. The highest BCUT2D eigenvalue weighted by Gasteiger charge is 2.37. The van der Waals surface area contributed by atoms with Crippen LogP contribution in [0.4, 0.5) is 13.2 Å². The Morgan fingerprint density at radius 3 is 2.80 bits per heavy atom. The summed E-state index contributed by atoms with van der Waals surface area (Å²) in [6, 6.07) is 4.46. The molecule has 0 aliphatic rings. The van der Waals surface area contributed by atoms with Gasteiger partial charge in [-0.25, -0.2) is 5.10 Å². The summed E-state index contributed by atoms with van der Waals surface area (Å²) in [5.41, 5.74) is 0.232. The molecule has 5 nitrogen and oxygen atoms in total. The monoisotopic (exact) mass is 366 g/mol. The Bertz CT molecular complexity index is 722. The lowest BCUT2D eigenvalue weighted by molar-refractivity contribution is -0.147. The number of aromatic hydroxyl groups is 1. The molecule has 2 N–H and O–H groups in total. The number of nitrogens with one attached hydrogen (secondary N) is 1. The molecule has 1 aromatic heterocycles. The van der Waals surface area contributed by atoms with Gasteiger partial charge in [0.05, 0.1) is 6.21 Å². The van der Waals surface area contributed by atoms with Crippen molar-refractivity contribution in [3.8, 4) is 5.75 Å². The fourth-order valence-electron chi connectivity index (χ4n) is 1.33. The van der Waals surface area contributed by atoms with E-state index in [-0.39, 0.29) is 16.1 Å². The molecule has 2 rings (SSSR count). The zero-order valence-electron chi connectivity index (χ0n) is 9.52. The van der Waals surface area contributed by atoms with Gasteiger partial charge in [-0.3, -0.25) is 0 Å². The number of aromatic amines is 1. The summed E-state index contributed by atoms with van der Waals surface area (Å²) >= 11 is 7.85. The average Bonchev–Trinajstić information content (AvgIpc) is 2.72. The van der Waals surface area contributed by atoms with E-state index in [1.807, 2.05) is 5.10 Å². The topological polar surface area (TPSA) is 66.2 Å². The van der Waals surface area contributed by atoms with Crippen molar-refractivity contribution in [3.63, 3.8) is 0 Å². The third kappa shape index (κ3) is 3.07. The molecule has 1 heterocycles. The minimum absolute atomic E-state index is 0.125. The molecule has 10 heteroatoms. The Hall–Kier alpha value is -1.68. The van der Waals surface area contributed by atoms with Crippen molar-refractivity contribution in [3.05, 3.63) is 38.8 Å². The van der Waals surface area contributed by atoms with Crippen molar-refractivity contribution < 1.29 is 18.3 Å². The summed E-state index contributed by atoms with van der Waals surface area (Å²) in [6.07, 6.45) is -3.63. The Morgan fingerprint density at radius 2 is 2.15 bits per heavy atom. The number of aromatic nitrogens is 3. The van der Waals surface area contributed by atoms with E-state index in [2.05, 4.69) is 38.3 Å². The minimum Gasteiger partial charge on any atom is -0.507 e. The van der Waals surface area contributed by atoms with Gasteiger partial charge >= 0.3 is 6.18 Å². The van der Waals surface area contributed by atoms with E-state index in [0.29, 0.717) is 9.15 Å². The molecule has 0 unspecified atom stereocenters. The van der Waals surface area contributed by atoms with E-state index in [9.17, 15) is 18.3 Å². The second-order valence-corrected chi connectivity index (χ2v) is 4.91. The third-order valence-electron chi connectivity index (χ3n) is 2.21. The van der Waals surface area contributed by atoms with Crippen molar-refractivity contribution in [1.29, 1.82) is 0 Å². The lowest BCUT2D eigenvalue weighted by Gasteiger charge is -2.04. The Labute approximate surface area is 123 Å². The molecule has 0 fully saturated rings. The van der Waals surface area contributed by atoms with E-state index >= 15 is 0 Å². The Kier molecular flexibility index (Phi) is 3.95. The Balaban J connectivity index is 2.45. The van der Waals surface area contributed by atoms with Crippen LogP contribution < -0.4 is 0 Å². The number of phenolic OH excluding ortho intramolecular Hbond substituents is 1. The van der Waals surface area contributed by atoms with Crippen molar-refractivity contribution in [2.75, 3.05) is 0 Å². The van der Waals surface area contributed by atoms with Crippen LogP contribution in [0, 0.1) is 4.77 Å². The molecule has 2 aromatic rings. The first-order valence-corrected chi connectivity index (χ1v) is 6.26. The van der Waals surface area contributed by atoms with E-state index in [4.69, 9.17) is 0 Å². The van der Waals surface area contributed by atoms with Crippen LogP contribution in [0.2, 0.25) is 0 Å². The molecular formula is C10H6BrF3N4OS. The zero-order chi connectivity index (χ0) is 14.9. The van der Waals surface area contributed by atoms with Crippen LogP contribution in [-0.2, 0) is 6.18 Å². The van der Waals surface area contributed by atoms with Crippen LogP contribution in [0.5, 0.6) is 5.75 Å². The van der Waals surface area contributed by atoms with Gasteiger partial charge in [0.15, 0.2) is 0 Å². The van der Waals surface area contributed by atoms with Crippen LogP contribution in [0.15, 0.2) is 27.8 Å². The Morgan fingerprint density at radius 1 is 1.45 bits per heavy atom. The molecule has 0 atom stereocenters. The maximum atomic E-state index is 12.7. The van der Waals surface area contributed by atoms with Crippen LogP contribution in [0.25, 0.3) is 0 Å². The lowest BCUT2D eigenvalue weighted by atomic mass is 10.2. The number of halogens is 4. The standard InChI is InChI=1S/C10H6BrF3N4OS/c11-6-1-2-7(19)5(3-6)4-15-18-8(10(12,13)14)16-17-9(18)20/h1-4,19H,(H,17,20)/b15-4+. The molecule has 0 aliphatic heterocycles. The van der Waals surface area contributed by atoms with Crippen molar-refractivity contribution in [2.45, 2.75) is 6.18 Å². The predicted octanol–water partition coefficient (Wildman–Crippen LogP) is 3.31. The average molecular weight is 367 g/mol. The smallest absolute Gasteiger partial charge is 0.453 e. The molecule has 0 saturated heterocycles. The van der Waals surface area contributed by atoms with Crippen molar-refractivity contribution in [2.24, 2.45) is 5.10 Å². The summed E-state index contributed by atoms with van der Waals surface area (Å²) in [5.74, 6) is -1.39. The predicted molar refractivity (Wildman–Crippen MR) is 71.2 cm³/mol. The van der Waals surface area contributed by atoms with Gasteiger partial charge in [0.1, 0.15) is 5.75 Å². The number of benzene rings is 1. The van der Waals surface area contributed by atoms with Gasteiger partial charge in [0, 0.05) is 10.0 Å². The van der Waals surface area contributed by atoms with Gasteiger partial charge < -0.3 is 5.11 Å². The van der Waals surface area contributed by atoms with E-state index in [0.717, 1.165) is 6.21 Å². The van der Waals surface area contributed by atoms with Crippen LogP contribution in [0.1, 0.15) is 11.4 Å². The van der Waals surface area contributed by atoms with Gasteiger partial charge in [-0.05, 0) is 30.4 Å². The largest absolute Gasteiger partial charge is 0.507 e. The maximum Gasteiger partial charge on any atom is 0.453 e. The van der Waals surface area contributed by atoms with Crippen molar-refractivity contribution >= 4 is 34.4 Å². The number of H-pyrrole nitrogens is 1. The van der Waals surface area contributed by atoms with Crippen LogP contribution in [-0.4, -0.2) is 26.2 Å². The molecule has 0 bridgehead atoms. The van der Waals surface area contributed by atoms with Crippen LogP contribution >= 0.6 is 28.1 Å². The molecular weight excluding hydrogens is 361 g/mol. The molecule has 0 amide bonds. The van der Waals surface area contributed by atoms with Gasteiger partial charge in [-0.1, -0.05) is 15.9 Å². The second-order valence-electron chi connectivity index (χ2n) is 3.61. The van der Waals surface area contributed by atoms with Gasteiger partial charge in [-0.15, -0.1) is 5.10 Å². The fraction of sp³-hybridized carbons (Fsp3) is 0.100. The van der Waals surface area contributed by atoms with E-state index in [1.165, 1.54) is 12.1 Å². The summed E-state index contributed by atoms with van der Waals surface area (Å²) in [7, 11) is 0. The molecule has 106 valence electrons. The number of hydrogen-bond acceptors (Lipinski definition) is 4. The number of rotatable bonds is 2. The van der Waals surface area contributed by atoms with Crippen molar-refractivity contribution in [1.82, 2.24) is 14.9 Å². The van der Waals surface area contributed by atoms with Gasteiger partial charge in [-0.2, -0.15) is 22.9 Å². The first-order valence-electron chi connectivity index (χ1n) is 5.06. The molecule has 0 saturated carbocycles. The summed E-state index contributed by atoms with van der Waals surface area (Å²) in [4.78, 5) is 0. The minimum atomic E-state index is -4.69. The highest BCUT2D eigenvalue weighted by atomic mass is 79.9. The normalized spacial score (nSPS) is 12.2. The van der Waals surface area contributed by atoms with Crippen LogP contribution in [0.3, 0.4) is 0 Å². The third-order valence-corrected chi connectivity index (χ3v) is 2.96. The molecule has 0 spiro atoms. The summed E-state index contributed by atoms with van der Waals surface area (Å²) < 4.78 is 38.7. The van der Waals surface area contributed by atoms with Gasteiger partial charge in [0.25, 0.3) is 5.82 Å². The first-order chi connectivity index (χ1) is 9.29. The summed E-state index contributed by atoms with van der Waals surface area (Å²) in [6.45, 7) is 0. The SMILES string of the molecule is Oc1ccc(Br)cc1/C=N/n1c(C(F)(F)F)n[nH]c1=S. The van der Waals surface area contributed by atoms with E-state index < -0.39 is 12.0 Å². The molecule has 20 heavy (non-hydrogen) atoms. The molecule has 1 aromatic carbocycles. The second kappa shape index (κ2) is 5.37. The fourth-order valence-corrected chi connectivity index (χ4v) is 1.89. The highest BCUT2D eigenvalue weighted by molar-refractivity contribution is 9.10. The number of hydrogen-bond donors (Lipinski definition) is 2. The lowest BCUT2D eigenvalue weighted by Crippen LogP contribution is -2.12. The van der Waals surface area contributed by atoms with E-state index in [1.54, 1.807) is 6.07 Å². The number of nitrogens with zero attached hydrogens (tertiary/aromatic N) is 3. The number of alkyl halides is 3. The summed E-state index contributed by atoms with van der Waals surface area (Å²) in [5, 5.41) is 18.3. The quantitative estimate of drug-likeness (QED) is 0.632. The highest BCUT2D eigenvalue weighted by Crippen LogP contribution is 2.27. The molecule has 0 aliphatic carbocycles.